The van der Waals surface area contributed by atoms with Crippen molar-refractivity contribution in [3.8, 4) is 0 Å². The van der Waals surface area contributed by atoms with Gasteiger partial charge in [0.1, 0.15) is 0 Å². The molecule has 0 spiro atoms. The Hall–Kier alpha value is -2.12. The van der Waals surface area contributed by atoms with Gasteiger partial charge >= 0.3 is 0 Å². The van der Waals surface area contributed by atoms with Crippen LogP contribution in [-0.2, 0) is 6.54 Å². The Morgan fingerprint density at radius 1 is 1.00 bits per heavy atom. The van der Waals surface area contributed by atoms with Crippen molar-refractivity contribution >= 4 is 11.9 Å². The lowest BCUT2D eigenvalue weighted by atomic mass is 10.1. The van der Waals surface area contributed by atoms with Crippen LogP contribution in [0.2, 0.25) is 0 Å². The molecular weight excluding hydrogens is 376 g/mol. The highest BCUT2D eigenvalue weighted by molar-refractivity contribution is 5.93. The van der Waals surface area contributed by atoms with Crippen molar-refractivity contribution in [2.75, 3.05) is 66.5 Å². The normalized spacial score (nSPS) is 15.8. The van der Waals surface area contributed by atoms with E-state index >= 15 is 0 Å². The number of aliphatic imine (C=N–C) groups is 1. The topological polar surface area (TPSA) is 63.2 Å². The zero-order chi connectivity index (χ0) is 21.8. The standard InChI is InChI=1S/C23H40N6O/c1-5-24-23(25-13-7-8-14-29-17-15-28(6-2)16-18-29)26-19-20-9-11-21(12-10-20)22(30)27(3)4/h9-12H,5-8,13-19H2,1-4H3,(H2,24,25,26). The van der Waals surface area contributed by atoms with Gasteiger partial charge in [0.15, 0.2) is 5.96 Å². The Morgan fingerprint density at radius 3 is 2.27 bits per heavy atom. The van der Waals surface area contributed by atoms with Gasteiger partial charge in [-0.15, -0.1) is 0 Å². The van der Waals surface area contributed by atoms with Crippen LogP contribution in [0.5, 0.6) is 0 Å². The van der Waals surface area contributed by atoms with E-state index in [1.807, 2.05) is 24.3 Å². The minimum Gasteiger partial charge on any atom is -0.357 e. The first-order valence-corrected chi connectivity index (χ1v) is 11.3. The number of hydrogen-bond acceptors (Lipinski definition) is 4. The number of guanidine groups is 1. The lowest BCUT2D eigenvalue weighted by Gasteiger charge is -2.34. The molecule has 1 amide bonds. The molecule has 7 heteroatoms. The summed E-state index contributed by atoms with van der Waals surface area (Å²) in [7, 11) is 3.53. The van der Waals surface area contributed by atoms with E-state index in [4.69, 9.17) is 0 Å². The van der Waals surface area contributed by atoms with E-state index in [1.54, 1.807) is 19.0 Å². The molecule has 1 fully saturated rings. The predicted octanol–water partition coefficient (Wildman–Crippen LogP) is 1.86. The first-order chi connectivity index (χ1) is 14.5. The van der Waals surface area contributed by atoms with Gasteiger partial charge in [-0.1, -0.05) is 19.1 Å². The van der Waals surface area contributed by atoms with Crippen LogP contribution in [0.1, 0.15) is 42.6 Å². The van der Waals surface area contributed by atoms with E-state index in [-0.39, 0.29) is 5.91 Å². The maximum absolute atomic E-state index is 12.0. The highest BCUT2D eigenvalue weighted by Gasteiger charge is 2.14. The van der Waals surface area contributed by atoms with Crippen molar-refractivity contribution in [2.45, 2.75) is 33.2 Å². The molecule has 0 aromatic heterocycles. The average molecular weight is 417 g/mol. The number of carbonyl (C=O) groups excluding carboxylic acids is 1. The predicted molar refractivity (Wildman–Crippen MR) is 125 cm³/mol. The lowest BCUT2D eigenvalue weighted by Crippen LogP contribution is -2.46. The maximum Gasteiger partial charge on any atom is 0.253 e. The molecule has 0 atom stereocenters. The van der Waals surface area contributed by atoms with Crippen LogP contribution in [-0.4, -0.2) is 93.0 Å². The maximum atomic E-state index is 12.0. The van der Waals surface area contributed by atoms with Crippen LogP contribution in [0, 0.1) is 0 Å². The van der Waals surface area contributed by atoms with E-state index in [0.29, 0.717) is 12.1 Å². The van der Waals surface area contributed by atoms with Gasteiger partial charge < -0.3 is 25.3 Å². The lowest BCUT2D eigenvalue weighted by molar-refractivity contribution is 0.0827. The van der Waals surface area contributed by atoms with Crippen LogP contribution >= 0.6 is 0 Å². The summed E-state index contributed by atoms with van der Waals surface area (Å²) in [5.41, 5.74) is 1.79. The van der Waals surface area contributed by atoms with Crippen LogP contribution in [0.3, 0.4) is 0 Å². The summed E-state index contributed by atoms with van der Waals surface area (Å²) in [6.07, 6.45) is 2.35. The second-order valence-electron chi connectivity index (χ2n) is 8.00. The van der Waals surface area contributed by atoms with E-state index in [1.165, 1.54) is 45.7 Å². The quantitative estimate of drug-likeness (QED) is 0.346. The number of carbonyl (C=O) groups is 1. The molecule has 168 valence electrons. The SMILES string of the molecule is CCNC(=NCc1ccc(C(=O)N(C)C)cc1)NCCCCN1CCN(CC)CC1. The minimum atomic E-state index is 0.0206. The second kappa shape index (κ2) is 13.2. The molecule has 2 rings (SSSR count). The molecule has 1 aromatic carbocycles. The molecule has 1 heterocycles. The number of likely N-dealkylation sites (N-methyl/N-ethyl adjacent to an activating group) is 1. The Balaban J connectivity index is 1.70. The van der Waals surface area contributed by atoms with E-state index in [0.717, 1.165) is 31.0 Å². The van der Waals surface area contributed by atoms with Crippen molar-refractivity contribution in [1.29, 1.82) is 0 Å². The molecule has 0 unspecified atom stereocenters. The molecule has 1 saturated heterocycles. The van der Waals surface area contributed by atoms with E-state index in [9.17, 15) is 4.79 Å². The third-order valence-electron chi connectivity index (χ3n) is 5.48. The van der Waals surface area contributed by atoms with E-state index in [2.05, 4.69) is 39.3 Å². The molecule has 7 nitrogen and oxygen atoms in total. The summed E-state index contributed by atoms with van der Waals surface area (Å²) in [6, 6.07) is 7.69. The Kier molecular flexibility index (Phi) is 10.7. The van der Waals surface area contributed by atoms with Crippen LogP contribution in [0.4, 0.5) is 0 Å². The van der Waals surface area contributed by atoms with Gasteiger partial charge in [0.25, 0.3) is 5.91 Å². The van der Waals surface area contributed by atoms with E-state index < -0.39 is 0 Å². The van der Waals surface area contributed by atoms with Crippen molar-refractivity contribution in [3.05, 3.63) is 35.4 Å². The summed E-state index contributed by atoms with van der Waals surface area (Å²) < 4.78 is 0. The van der Waals surface area contributed by atoms with Crippen LogP contribution in [0.25, 0.3) is 0 Å². The monoisotopic (exact) mass is 416 g/mol. The number of benzene rings is 1. The first kappa shape index (κ1) is 24.2. The van der Waals surface area contributed by atoms with Gasteiger partial charge in [0.05, 0.1) is 6.54 Å². The van der Waals surface area contributed by atoms with Gasteiger partial charge in [0.2, 0.25) is 0 Å². The molecule has 1 aliphatic rings. The molecule has 0 saturated carbocycles. The molecular formula is C23H40N6O. The van der Waals surface area contributed by atoms with Gasteiger partial charge in [-0.2, -0.15) is 0 Å². The largest absolute Gasteiger partial charge is 0.357 e. The molecule has 2 N–H and O–H groups in total. The Labute approximate surface area is 182 Å². The van der Waals surface area contributed by atoms with Gasteiger partial charge in [0, 0.05) is 58.9 Å². The second-order valence-corrected chi connectivity index (χ2v) is 8.00. The zero-order valence-corrected chi connectivity index (χ0v) is 19.3. The third-order valence-corrected chi connectivity index (χ3v) is 5.48. The Bertz CT molecular complexity index is 650. The number of nitrogens with zero attached hydrogens (tertiary/aromatic N) is 4. The van der Waals surface area contributed by atoms with Crippen molar-refractivity contribution in [2.24, 2.45) is 4.99 Å². The van der Waals surface area contributed by atoms with Gasteiger partial charge in [-0.05, 0) is 50.6 Å². The highest BCUT2D eigenvalue weighted by atomic mass is 16.2. The van der Waals surface area contributed by atoms with Gasteiger partial charge in [-0.25, -0.2) is 4.99 Å². The number of hydrogen-bond donors (Lipinski definition) is 2. The van der Waals surface area contributed by atoms with Crippen LogP contribution < -0.4 is 10.6 Å². The van der Waals surface area contributed by atoms with Crippen molar-refractivity contribution in [1.82, 2.24) is 25.3 Å². The zero-order valence-electron chi connectivity index (χ0n) is 19.3. The number of piperazine rings is 1. The smallest absolute Gasteiger partial charge is 0.253 e. The fourth-order valence-electron chi connectivity index (χ4n) is 3.52. The van der Waals surface area contributed by atoms with Crippen molar-refractivity contribution < 1.29 is 4.79 Å². The number of rotatable bonds is 10. The molecule has 1 aliphatic heterocycles. The van der Waals surface area contributed by atoms with Crippen LogP contribution in [0.15, 0.2) is 29.3 Å². The summed E-state index contributed by atoms with van der Waals surface area (Å²) in [6.45, 7) is 13.8. The van der Waals surface area contributed by atoms with Crippen molar-refractivity contribution in [3.63, 3.8) is 0 Å². The first-order valence-electron chi connectivity index (χ1n) is 11.3. The minimum absolute atomic E-state index is 0.0206. The summed E-state index contributed by atoms with van der Waals surface area (Å²) in [5, 5.41) is 6.75. The summed E-state index contributed by atoms with van der Waals surface area (Å²) in [5.74, 6) is 0.870. The third kappa shape index (κ3) is 8.32. The summed E-state index contributed by atoms with van der Waals surface area (Å²) >= 11 is 0. The summed E-state index contributed by atoms with van der Waals surface area (Å²) in [4.78, 5) is 23.3. The molecule has 0 radical (unpaired) electrons. The average Bonchev–Trinajstić information content (AvgIpc) is 2.77. The van der Waals surface area contributed by atoms with Gasteiger partial charge in [-0.3, -0.25) is 4.79 Å². The molecule has 1 aromatic rings. The molecule has 30 heavy (non-hydrogen) atoms. The number of nitrogens with one attached hydrogen (secondary N) is 2. The molecule has 0 bridgehead atoms. The fraction of sp³-hybridized carbons (Fsp3) is 0.652. The molecule has 0 aliphatic carbocycles. The number of amides is 1. The number of unbranched alkanes of at least 4 members (excludes halogenated alkanes) is 1. The fourth-order valence-corrected chi connectivity index (χ4v) is 3.52. The highest BCUT2D eigenvalue weighted by Crippen LogP contribution is 2.07. The Morgan fingerprint density at radius 2 is 1.67 bits per heavy atom.